The lowest BCUT2D eigenvalue weighted by Gasteiger charge is -2.26. The van der Waals surface area contributed by atoms with E-state index in [9.17, 15) is 13.2 Å². The third kappa shape index (κ3) is 2.36. The second-order valence-corrected chi connectivity index (χ2v) is 5.66. The number of benzene rings is 1. The Hall–Kier alpha value is -1.36. The van der Waals surface area contributed by atoms with E-state index in [2.05, 4.69) is 0 Å². The van der Waals surface area contributed by atoms with E-state index in [4.69, 9.17) is 4.74 Å². The van der Waals surface area contributed by atoms with Gasteiger partial charge in [0.25, 0.3) is 0 Å². The highest BCUT2D eigenvalue weighted by Gasteiger charge is 2.35. The molecule has 80 valence electrons. The fourth-order valence-corrected chi connectivity index (χ4v) is 2.57. The molecular formula is C10H10O4S. The van der Waals surface area contributed by atoms with E-state index in [0.717, 1.165) is 6.29 Å². The molecule has 0 aliphatic carbocycles. The van der Waals surface area contributed by atoms with Crippen LogP contribution in [0.4, 0.5) is 0 Å². The number of carbonyl (C=O) groups excluding carboxylic acids is 1. The number of aldehydes is 1. The van der Waals surface area contributed by atoms with Gasteiger partial charge in [-0.15, -0.1) is 0 Å². The van der Waals surface area contributed by atoms with Crippen molar-refractivity contribution in [3.63, 3.8) is 0 Å². The Morgan fingerprint density at radius 2 is 1.80 bits per heavy atom. The molecule has 1 saturated heterocycles. The molecule has 5 heteroatoms. The van der Waals surface area contributed by atoms with Gasteiger partial charge in [0.1, 0.15) is 18.1 Å². The van der Waals surface area contributed by atoms with Gasteiger partial charge in [-0.3, -0.25) is 4.79 Å². The summed E-state index contributed by atoms with van der Waals surface area (Å²) in [7, 11) is -2.84. The van der Waals surface area contributed by atoms with Crippen LogP contribution in [0.2, 0.25) is 0 Å². The molecule has 1 fully saturated rings. The molecular weight excluding hydrogens is 216 g/mol. The quantitative estimate of drug-likeness (QED) is 0.711. The van der Waals surface area contributed by atoms with Crippen molar-refractivity contribution in [2.45, 2.75) is 6.10 Å². The Kier molecular flexibility index (Phi) is 2.48. The Labute approximate surface area is 87.8 Å². The number of hydrogen-bond donors (Lipinski definition) is 0. The molecule has 1 aromatic rings. The molecule has 2 rings (SSSR count). The number of ether oxygens (including phenoxy) is 1. The van der Waals surface area contributed by atoms with E-state index in [0.29, 0.717) is 11.3 Å². The largest absolute Gasteiger partial charge is 0.488 e. The molecule has 0 unspecified atom stereocenters. The number of rotatable bonds is 3. The summed E-state index contributed by atoms with van der Waals surface area (Å²) in [6, 6.07) is 6.59. The average molecular weight is 226 g/mol. The van der Waals surface area contributed by atoms with E-state index in [1.165, 1.54) is 0 Å². The van der Waals surface area contributed by atoms with Crippen LogP contribution in [-0.4, -0.2) is 32.3 Å². The van der Waals surface area contributed by atoms with Crippen molar-refractivity contribution in [3.8, 4) is 5.75 Å². The van der Waals surface area contributed by atoms with Gasteiger partial charge in [-0.25, -0.2) is 8.42 Å². The van der Waals surface area contributed by atoms with Gasteiger partial charge in [-0.1, -0.05) is 0 Å². The molecule has 0 amide bonds. The van der Waals surface area contributed by atoms with Gasteiger partial charge in [-0.05, 0) is 24.3 Å². The zero-order valence-electron chi connectivity index (χ0n) is 7.92. The summed E-state index contributed by atoms with van der Waals surface area (Å²) >= 11 is 0. The molecule has 0 atom stereocenters. The van der Waals surface area contributed by atoms with E-state index in [-0.39, 0.29) is 17.6 Å². The van der Waals surface area contributed by atoms with E-state index < -0.39 is 9.84 Å². The average Bonchev–Trinajstić information content (AvgIpc) is 2.16. The standard InChI is InChI=1S/C10H10O4S/c11-5-8-1-3-9(4-2-8)14-10-6-15(12,13)7-10/h1-5,10H,6-7H2. The lowest BCUT2D eigenvalue weighted by Crippen LogP contribution is -2.45. The van der Waals surface area contributed by atoms with E-state index >= 15 is 0 Å². The molecule has 1 heterocycles. The molecule has 0 aromatic heterocycles. The zero-order chi connectivity index (χ0) is 10.9. The highest BCUT2D eigenvalue weighted by atomic mass is 32.2. The summed E-state index contributed by atoms with van der Waals surface area (Å²) in [6.45, 7) is 0. The summed E-state index contributed by atoms with van der Waals surface area (Å²) in [6.07, 6.45) is 0.509. The van der Waals surface area contributed by atoms with Gasteiger partial charge in [0.05, 0.1) is 11.5 Å². The van der Waals surface area contributed by atoms with Crippen LogP contribution >= 0.6 is 0 Å². The minimum atomic E-state index is -2.84. The first-order valence-corrected chi connectivity index (χ1v) is 6.33. The normalized spacial score (nSPS) is 19.2. The second kappa shape index (κ2) is 3.66. The maximum absolute atomic E-state index is 10.9. The van der Waals surface area contributed by atoms with Crippen LogP contribution in [0.5, 0.6) is 5.75 Å². The van der Waals surface area contributed by atoms with Gasteiger partial charge in [0.15, 0.2) is 9.84 Å². The van der Waals surface area contributed by atoms with Gasteiger partial charge in [0.2, 0.25) is 0 Å². The van der Waals surface area contributed by atoms with Crippen LogP contribution in [0.15, 0.2) is 24.3 Å². The summed E-state index contributed by atoms with van der Waals surface area (Å²) in [5.41, 5.74) is 0.573. The maximum atomic E-state index is 10.9. The van der Waals surface area contributed by atoms with Crippen molar-refractivity contribution >= 4 is 16.1 Å². The predicted molar refractivity (Wildman–Crippen MR) is 54.9 cm³/mol. The lowest BCUT2D eigenvalue weighted by atomic mass is 10.2. The summed E-state index contributed by atoms with van der Waals surface area (Å²) in [4.78, 5) is 10.4. The van der Waals surface area contributed by atoms with Crippen molar-refractivity contribution in [3.05, 3.63) is 29.8 Å². The van der Waals surface area contributed by atoms with Gasteiger partial charge in [-0.2, -0.15) is 0 Å². The minimum Gasteiger partial charge on any atom is -0.488 e. The molecule has 0 N–H and O–H groups in total. The third-order valence-electron chi connectivity index (χ3n) is 2.20. The molecule has 15 heavy (non-hydrogen) atoms. The Balaban J connectivity index is 1.97. The van der Waals surface area contributed by atoms with Crippen molar-refractivity contribution in [1.82, 2.24) is 0 Å². The number of sulfone groups is 1. The Morgan fingerprint density at radius 1 is 1.20 bits per heavy atom. The van der Waals surface area contributed by atoms with Crippen molar-refractivity contribution in [2.75, 3.05) is 11.5 Å². The monoisotopic (exact) mass is 226 g/mol. The predicted octanol–water partition coefficient (Wildman–Crippen LogP) is 0.675. The molecule has 1 aliphatic rings. The van der Waals surface area contributed by atoms with Crippen LogP contribution in [0.1, 0.15) is 10.4 Å². The van der Waals surface area contributed by atoms with Crippen LogP contribution in [0.25, 0.3) is 0 Å². The minimum absolute atomic E-state index is 0.0857. The van der Waals surface area contributed by atoms with Crippen LogP contribution < -0.4 is 4.74 Å². The van der Waals surface area contributed by atoms with Crippen LogP contribution in [0.3, 0.4) is 0 Å². The Morgan fingerprint density at radius 3 is 2.27 bits per heavy atom. The zero-order valence-corrected chi connectivity index (χ0v) is 8.74. The van der Waals surface area contributed by atoms with Crippen molar-refractivity contribution in [2.24, 2.45) is 0 Å². The maximum Gasteiger partial charge on any atom is 0.157 e. The van der Waals surface area contributed by atoms with Gasteiger partial charge < -0.3 is 4.74 Å². The molecule has 0 bridgehead atoms. The molecule has 0 radical (unpaired) electrons. The van der Waals surface area contributed by atoms with Gasteiger partial charge >= 0.3 is 0 Å². The second-order valence-electron chi connectivity index (χ2n) is 3.50. The summed E-state index contributed by atoms with van der Waals surface area (Å²) < 4.78 is 27.1. The highest BCUT2D eigenvalue weighted by Crippen LogP contribution is 2.19. The molecule has 1 aromatic carbocycles. The van der Waals surface area contributed by atoms with Crippen LogP contribution in [0, 0.1) is 0 Å². The SMILES string of the molecule is O=Cc1ccc(OC2CS(=O)(=O)C2)cc1. The number of carbonyl (C=O) groups is 1. The highest BCUT2D eigenvalue weighted by molar-refractivity contribution is 7.92. The summed E-state index contributed by atoms with van der Waals surface area (Å²) in [5, 5.41) is 0. The van der Waals surface area contributed by atoms with E-state index in [1.807, 2.05) is 0 Å². The fourth-order valence-electron chi connectivity index (χ4n) is 1.40. The fraction of sp³-hybridized carbons (Fsp3) is 0.300. The van der Waals surface area contributed by atoms with Crippen LogP contribution in [-0.2, 0) is 9.84 Å². The van der Waals surface area contributed by atoms with Crippen molar-refractivity contribution < 1.29 is 17.9 Å². The molecule has 0 spiro atoms. The van der Waals surface area contributed by atoms with E-state index in [1.54, 1.807) is 24.3 Å². The first-order valence-electron chi connectivity index (χ1n) is 4.51. The van der Waals surface area contributed by atoms with Gasteiger partial charge in [0, 0.05) is 5.56 Å². The smallest absolute Gasteiger partial charge is 0.157 e. The lowest BCUT2D eigenvalue weighted by molar-refractivity contribution is 0.112. The number of hydrogen-bond acceptors (Lipinski definition) is 4. The first-order chi connectivity index (χ1) is 7.09. The van der Waals surface area contributed by atoms with Crippen molar-refractivity contribution in [1.29, 1.82) is 0 Å². The summed E-state index contributed by atoms with van der Waals surface area (Å²) in [5.74, 6) is 0.769. The Bertz CT molecular complexity index is 449. The topological polar surface area (TPSA) is 60.4 Å². The molecule has 4 nitrogen and oxygen atoms in total. The third-order valence-corrected chi connectivity index (χ3v) is 3.96. The molecule has 0 saturated carbocycles. The first kappa shape index (κ1) is 10.2. The molecule has 1 aliphatic heterocycles.